The molecule has 1 fully saturated rings. The summed E-state index contributed by atoms with van der Waals surface area (Å²) in [5.74, 6) is 1.59. The second kappa shape index (κ2) is 7.83. The fourth-order valence-corrected chi connectivity index (χ4v) is 4.00. The average molecular weight is 471 g/mol. The van der Waals surface area contributed by atoms with Crippen LogP contribution in [-0.4, -0.2) is 37.3 Å². The first-order valence-corrected chi connectivity index (χ1v) is 10.8. The fraction of sp³-hybridized carbons (Fsp3) is 0.261. The van der Waals surface area contributed by atoms with Gasteiger partial charge in [0, 0.05) is 16.1 Å². The first-order chi connectivity index (χ1) is 15.4. The zero-order valence-electron chi connectivity index (χ0n) is 17.5. The number of hydrogen-bond donors (Lipinski definition) is 1. The lowest BCUT2D eigenvalue weighted by Gasteiger charge is -2.14. The summed E-state index contributed by atoms with van der Waals surface area (Å²) in [7, 11) is 1.61. The van der Waals surface area contributed by atoms with E-state index in [0.717, 1.165) is 18.4 Å². The molecule has 0 atom stereocenters. The maximum Gasteiger partial charge on any atom is 0.245 e. The van der Waals surface area contributed by atoms with Crippen LogP contribution in [0.15, 0.2) is 42.7 Å². The van der Waals surface area contributed by atoms with E-state index in [1.807, 2.05) is 23.6 Å². The Kier molecular flexibility index (Phi) is 5.10. The minimum atomic E-state index is -0.232. The molecule has 0 unspecified atom stereocenters. The van der Waals surface area contributed by atoms with Crippen molar-refractivity contribution in [1.29, 1.82) is 0 Å². The summed E-state index contributed by atoms with van der Waals surface area (Å²) in [6.07, 6.45) is 3.39. The van der Waals surface area contributed by atoms with Crippen molar-refractivity contribution >= 4 is 34.4 Å². The molecular weight excluding hydrogens is 451 g/mol. The summed E-state index contributed by atoms with van der Waals surface area (Å²) in [4.78, 5) is 13.6. The number of aromatic hydroxyl groups is 1. The van der Waals surface area contributed by atoms with Gasteiger partial charge in [-0.15, -0.1) is 0 Å². The van der Waals surface area contributed by atoms with E-state index in [1.165, 1.54) is 12.4 Å². The maximum absolute atomic E-state index is 10.2. The Balaban J connectivity index is 1.73. The zero-order chi connectivity index (χ0) is 22.5. The number of phenolic OH excluding ortho intramolecular Hbond substituents is 1. The topological polar surface area (TPSA) is 82.3 Å². The van der Waals surface area contributed by atoms with Crippen molar-refractivity contribution in [3.8, 4) is 28.8 Å². The summed E-state index contributed by atoms with van der Waals surface area (Å²) in [6, 6.07) is 10.5. The van der Waals surface area contributed by atoms with Gasteiger partial charge in [-0.3, -0.25) is 0 Å². The predicted octanol–water partition coefficient (Wildman–Crippen LogP) is 5.49. The Morgan fingerprint density at radius 1 is 1.16 bits per heavy atom. The van der Waals surface area contributed by atoms with E-state index in [0.29, 0.717) is 45.7 Å². The van der Waals surface area contributed by atoms with Crippen molar-refractivity contribution in [2.24, 2.45) is 0 Å². The highest BCUT2D eigenvalue weighted by atomic mass is 35.5. The third-order valence-corrected chi connectivity index (χ3v) is 6.22. The lowest BCUT2D eigenvalue weighted by atomic mass is 10.1. The number of rotatable bonds is 6. The molecular formula is C23H20Cl2N4O3. The minimum Gasteiger partial charge on any atom is -0.506 e. The van der Waals surface area contributed by atoms with Gasteiger partial charge in [0.15, 0.2) is 11.2 Å². The van der Waals surface area contributed by atoms with E-state index >= 15 is 0 Å². The highest BCUT2D eigenvalue weighted by Gasteiger charge is 2.41. The Hall–Kier alpha value is -3.03. The summed E-state index contributed by atoms with van der Waals surface area (Å²) in [5, 5.41) is 11.0. The van der Waals surface area contributed by atoms with Crippen LogP contribution in [0.2, 0.25) is 10.0 Å². The second-order valence-corrected chi connectivity index (χ2v) is 8.83. The number of halogens is 2. The molecule has 164 valence electrons. The van der Waals surface area contributed by atoms with Crippen molar-refractivity contribution in [2.45, 2.75) is 31.9 Å². The van der Waals surface area contributed by atoms with Crippen LogP contribution in [0.5, 0.6) is 17.4 Å². The van der Waals surface area contributed by atoms with E-state index in [-0.39, 0.29) is 16.4 Å². The Bertz CT molecular complexity index is 1330. The van der Waals surface area contributed by atoms with Gasteiger partial charge < -0.3 is 19.1 Å². The summed E-state index contributed by atoms with van der Waals surface area (Å²) < 4.78 is 13.6. The predicted molar refractivity (Wildman–Crippen MR) is 123 cm³/mol. The van der Waals surface area contributed by atoms with Crippen LogP contribution < -0.4 is 9.47 Å². The van der Waals surface area contributed by atoms with E-state index in [4.69, 9.17) is 37.7 Å². The molecule has 32 heavy (non-hydrogen) atoms. The van der Waals surface area contributed by atoms with E-state index < -0.39 is 0 Å². The van der Waals surface area contributed by atoms with Crippen LogP contribution in [-0.2, 0) is 6.54 Å². The van der Waals surface area contributed by atoms with Crippen molar-refractivity contribution in [1.82, 2.24) is 19.5 Å². The summed E-state index contributed by atoms with van der Waals surface area (Å²) in [5.41, 5.74) is 2.28. The molecule has 0 amide bonds. The first-order valence-electron chi connectivity index (χ1n) is 10.1. The minimum absolute atomic E-state index is 0.0313. The van der Waals surface area contributed by atoms with Crippen molar-refractivity contribution < 1.29 is 14.6 Å². The molecule has 5 rings (SSSR count). The quantitative estimate of drug-likeness (QED) is 0.400. The number of methoxy groups -OCH3 is 1. The second-order valence-electron chi connectivity index (χ2n) is 8.02. The molecule has 2 aromatic carbocycles. The number of imidazole rings is 1. The first kappa shape index (κ1) is 20.8. The molecule has 1 aliphatic rings. The number of nitrogens with zero attached hydrogens (tertiary/aromatic N) is 4. The van der Waals surface area contributed by atoms with Gasteiger partial charge in [-0.2, -0.15) is 4.98 Å². The molecule has 0 saturated heterocycles. The molecule has 0 bridgehead atoms. The normalized spacial score (nSPS) is 14.5. The molecule has 1 aliphatic carbocycles. The molecule has 0 radical (unpaired) electrons. The monoisotopic (exact) mass is 470 g/mol. The van der Waals surface area contributed by atoms with E-state index in [2.05, 4.69) is 9.97 Å². The van der Waals surface area contributed by atoms with Crippen LogP contribution in [0.1, 0.15) is 25.3 Å². The van der Waals surface area contributed by atoms with Gasteiger partial charge in [-0.1, -0.05) is 29.3 Å². The lowest BCUT2D eigenvalue weighted by molar-refractivity contribution is 0.194. The lowest BCUT2D eigenvalue weighted by Crippen LogP contribution is -2.13. The SMILES string of the molecule is COc1ccc(Cl)cc1Cn1c(-c2cccc(O)c2Cl)nc2c(OC3(C)CC3)ncnc21. The van der Waals surface area contributed by atoms with Gasteiger partial charge in [-0.25, -0.2) is 9.97 Å². The number of fused-ring (bicyclic) bond motifs is 1. The number of ether oxygens (including phenoxy) is 2. The summed E-state index contributed by atoms with van der Waals surface area (Å²) >= 11 is 12.7. The average Bonchev–Trinajstić information content (AvgIpc) is 3.39. The Morgan fingerprint density at radius 2 is 1.97 bits per heavy atom. The highest BCUT2D eigenvalue weighted by Crippen LogP contribution is 2.42. The fourth-order valence-electron chi connectivity index (χ4n) is 3.59. The Labute approximate surface area is 194 Å². The molecule has 0 spiro atoms. The maximum atomic E-state index is 10.2. The van der Waals surface area contributed by atoms with Crippen LogP contribution in [0.4, 0.5) is 0 Å². The highest BCUT2D eigenvalue weighted by molar-refractivity contribution is 6.34. The molecule has 1 saturated carbocycles. The van der Waals surface area contributed by atoms with Gasteiger partial charge in [0.2, 0.25) is 5.88 Å². The molecule has 4 aromatic rings. The Morgan fingerprint density at radius 3 is 2.72 bits per heavy atom. The number of aromatic nitrogens is 4. The van der Waals surface area contributed by atoms with E-state index in [1.54, 1.807) is 25.3 Å². The molecule has 7 nitrogen and oxygen atoms in total. The van der Waals surface area contributed by atoms with Gasteiger partial charge in [0.25, 0.3) is 0 Å². The van der Waals surface area contributed by atoms with Crippen LogP contribution >= 0.6 is 23.2 Å². The van der Waals surface area contributed by atoms with Gasteiger partial charge in [-0.05, 0) is 50.1 Å². The van der Waals surface area contributed by atoms with Crippen LogP contribution in [0.3, 0.4) is 0 Å². The largest absolute Gasteiger partial charge is 0.506 e. The third kappa shape index (κ3) is 3.72. The van der Waals surface area contributed by atoms with Gasteiger partial charge in [0.1, 0.15) is 29.3 Å². The van der Waals surface area contributed by atoms with Crippen LogP contribution in [0.25, 0.3) is 22.6 Å². The molecule has 2 aromatic heterocycles. The molecule has 2 heterocycles. The molecule has 1 N–H and O–H groups in total. The van der Waals surface area contributed by atoms with Crippen LogP contribution in [0, 0.1) is 0 Å². The molecule has 0 aliphatic heterocycles. The van der Waals surface area contributed by atoms with Gasteiger partial charge in [0.05, 0.1) is 18.7 Å². The van der Waals surface area contributed by atoms with Crippen molar-refractivity contribution in [3.63, 3.8) is 0 Å². The third-order valence-electron chi connectivity index (χ3n) is 5.59. The van der Waals surface area contributed by atoms with E-state index in [9.17, 15) is 5.11 Å². The summed E-state index contributed by atoms with van der Waals surface area (Å²) in [6.45, 7) is 2.40. The number of phenols is 1. The van der Waals surface area contributed by atoms with Gasteiger partial charge >= 0.3 is 0 Å². The smallest absolute Gasteiger partial charge is 0.245 e. The zero-order valence-corrected chi connectivity index (χ0v) is 19.0. The molecule has 9 heteroatoms. The number of benzene rings is 2. The van der Waals surface area contributed by atoms with Crippen molar-refractivity contribution in [3.05, 3.63) is 58.3 Å². The number of hydrogen-bond acceptors (Lipinski definition) is 6. The van der Waals surface area contributed by atoms with Crippen molar-refractivity contribution in [2.75, 3.05) is 7.11 Å². The standard InChI is InChI=1S/C23H20Cl2N4O3/c1-23(8-9-23)32-22-19-21(26-12-27-22)29(11-13-10-14(24)6-7-17(13)31-2)20(28-19)15-4-3-5-16(30)18(15)25/h3-7,10,12,30H,8-9,11H2,1-2H3.